The van der Waals surface area contributed by atoms with E-state index >= 15 is 0 Å². The molecule has 7 heteroatoms. The fourth-order valence-corrected chi connectivity index (χ4v) is 3.26. The fourth-order valence-electron chi connectivity index (χ4n) is 1.62. The van der Waals surface area contributed by atoms with Crippen LogP contribution in [0.2, 0.25) is 5.02 Å². The molecule has 0 bridgehead atoms. The Morgan fingerprint density at radius 3 is 3.06 bits per heavy atom. The average Bonchev–Trinajstić information content (AvgIpc) is 2.92. The lowest BCUT2D eigenvalue weighted by Gasteiger charge is -2.12. The van der Waals surface area contributed by atoms with Crippen LogP contribution < -0.4 is 0 Å². The summed E-state index contributed by atoms with van der Waals surface area (Å²) in [6.07, 6.45) is 0.796. The van der Waals surface area contributed by atoms with Gasteiger partial charge in [0.05, 0.1) is 32.9 Å². The maximum Gasteiger partial charge on any atom is 0.123 e. The van der Waals surface area contributed by atoms with E-state index in [4.69, 9.17) is 16.3 Å². The molecule has 2 rings (SSSR count). The summed E-state index contributed by atoms with van der Waals surface area (Å²) in [5.41, 5.74) is 1.45. The van der Waals surface area contributed by atoms with Gasteiger partial charge in [0, 0.05) is 7.11 Å². The van der Waals surface area contributed by atoms with Crippen molar-refractivity contribution >= 4 is 45.5 Å². The van der Waals surface area contributed by atoms with E-state index in [0.29, 0.717) is 23.9 Å². The molecule has 0 amide bonds. The van der Waals surface area contributed by atoms with Gasteiger partial charge in [-0.15, -0.1) is 11.3 Å². The third-order valence-electron chi connectivity index (χ3n) is 2.50. The minimum absolute atomic E-state index is 0.472. The predicted octanol–water partition coefficient (Wildman–Crippen LogP) is 2.93. The molecule has 2 aromatic rings. The van der Waals surface area contributed by atoms with Crippen LogP contribution in [-0.2, 0) is 11.3 Å². The molecule has 4 nitrogen and oxygen atoms in total. The summed E-state index contributed by atoms with van der Waals surface area (Å²) in [5, 5.41) is 16.9. The molecule has 0 radical (unpaired) electrons. The minimum Gasteiger partial charge on any atom is -0.383 e. The molecule has 2 aromatic heterocycles. The summed E-state index contributed by atoms with van der Waals surface area (Å²) < 4.78 is 7.82. The molecule has 0 saturated heterocycles. The van der Waals surface area contributed by atoms with Crippen molar-refractivity contribution in [1.82, 2.24) is 9.78 Å². The number of aliphatic hydroxyl groups excluding tert-OH is 1. The third-order valence-corrected chi connectivity index (χ3v) is 4.60. The van der Waals surface area contributed by atoms with Gasteiger partial charge in [0.2, 0.25) is 0 Å². The van der Waals surface area contributed by atoms with Crippen LogP contribution >= 0.6 is 45.5 Å². The van der Waals surface area contributed by atoms with E-state index in [-0.39, 0.29) is 0 Å². The summed E-state index contributed by atoms with van der Waals surface area (Å²) in [6, 6.07) is 1.94. The first-order valence-corrected chi connectivity index (χ1v) is 7.59. The Bertz CT molecular complexity index is 529. The van der Waals surface area contributed by atoms with E-state index in [1.165, 1.54) is 0 Å². The van der Waals surface area contributed by atoms with Crippen molar-refractivity contribution in [3.8, 4) is 0 Å². The number of nitrogens with zero attached hydrogens (tertiary/aromatic N) is 2. The van der Waals surface area contributed by atoms with Gasteiger partial charge >= 0.3 is 0 Å². The van der Waals surface area contributed by atoms with Crippen molar-refractivity contribution in [2.24, 2.45) is 0 Å². The normalized spacial score (nSPS) is 12.9. The number of methoxy groups -OCH3 is 1. The van der Waals surface area contributed by atoms with Crippen molar-refractivity contribution in [2.45, 2.75) is 12.6 Å². The van der Waals surface area contributed by atoms with Crippen molar-refractivity contribution in [3.05, 3.63) is 36.8 Å². The van der Waals surface area contributed by atoms with Crippen LogP contribution in [0.15, 0.2) is 17.6 Å². The quantitative estimate of drug-likeness (QED) is 0.788. The molecule has 0 saturated carbocycles. The molecule has 0 fully saturated rings. The zero-order chi connectivity index (χ0) is 13.1. The predicted molar refractivity (Wildman–Crippen MR) is 80.2 cm³/mol. The van der Waals surface area contributed by atoms with E-state index in [2.05, 4.69) is 27.7 Å². The number of ether oxygens (including phenoxy) is 1. The highest BCUT2D eigenvalue weighted by Gasteiger charge is 2.20. The Balaban J connectivity index is 2.28. The van der Waals surface area contributed by atoms with Crippen LogP contribution in [0, 0.1) is 2.88 Å². The first-order chi connectivity index (χ1) is 8.63. The summed E-state index contributed by atoms with van der Waals surface area (Å²) in [4.78, 5) is 0. The maximum atomic E-state index is 10.4. The second kappa shape index (κ2) is 6.33. The average molecular weight is 399 g/mol. The Morgan fingerprint density at radius 2 is 2.44 bits per heavy atom. The molecular formula is C11H12ClIN2O2S. The van der Waals surface area contributed by atoms with Gasteiger partial charge in [-0.2, -0.15) is 5.10 Å². The number of hydrogen-bond acceptors (Lipinski definition) is 4. The highest BCUT2D eigenvalue weighted by Crippen LogP contribution is 2.31. The minimum atomic E-state index is -0.753. The molecule has 0 spiro atoms. The van der Waals surface area contributed by atoms with Crippen LogP contribution in [0.5, 0.6) is 0 Å². The second-order valence-corrected chi connectivity index (χ2v) is 6.89. The fraction of sp³-hybridized carbons (Fsp3) is 0.364. The molecule has 98 valence electrons. The number of halogens is 2. The maximum absolute atomic E-state index is 10.4. The van der Waals surface area contributed by atoms with Crippen LogP contribution in [-0.4, -0.2) is 28.6 Å². The van der Waals surface area contributed by atoms with Crippen molar-refractivity contribution < 1.29 is 9.84 Å². The smallest absolute Gasteiger partial charge is 0.123 e. The Morgan fingerprint density at radius 1 is 1.67 bits per heavy atom. The molecule has 0 aliphatic carbocycles. The molecule has 2 heterocycles. The Hall–Kier alpha value is -0.150. The number of rotatable bonds is 5. The van der Waals surface area contributed by atoms with Gasteiger partial charge in [-0.1, -0.05) is 11.6 Å². The first-order valence-electron chi connectivity index (χ1n) is 5.25. The summed E-state index contributed by atoms with van der Waals surface area (Å²) in [5.74, 6) is 0. The number of aliphatic hydroxyl groups is 1. The lowest BCUT2D eigenvalue weighted by atomic mass is 10.1. The molecule has 1 atom stereocenters. The van der Waals surface area contributed by atoms with Gasteiger partial charge in [0.1, 0.15) is 6.10 Å². The van der Waals surface area contributed by atoms with E-state index in [1.54, 1.807) is 29.3 Å². The van der Waals surface area contributed by atoms with E-state index < -0.39 is 6.10 Å². The molecule has 0 aliphatic rings. The van der Waals surface area contributed by atoms with Crippen LogP contribution in [0.4, 0.5) is 0 Å². The highest BCUT2D eigenvalue weighted by atomic mass is 127. The van der Waals surface area contributed by atoms with Crippen LogP contribution in [0.3, 0.4) is 0 Å². The molecule has 1 N–H and O–H groups in total. The molecular weight excluding hydrogens is 387 g/mol. The molecule has 18 heavy (non-hydrogen) atoms. The van der Waals surface area contributed by atoms with E-state index in [1.807, 2.05) is 11.4 Å². The van der Waals surface area contributed by atoms with Crippen molar-refractivity contribution in [1.29, 1.82) is 0 Å². The van der Waals surface area contributed by atoms with Gasteiger partial charge in [0.15, 0.2) is 0 Å². The van der Waals surface area contributed by atoms with Gasteiger partial charge in [-0.25, -0.2) is 0 Å². The standard InChI is InChI=1S/C11H12ClIN2O2S/c1-17-3-2-15-10(8(12)5-14-15)11(16)7-4-9(13)18-6-7/h4-6,11,16H,2-3H2,1H3. The highest BCUT2D eigenvalue weighted by molar-refractivity contribution is 14.1. The third kappa shape index (κ3) is 3.05. The zero-order valence-corrected chi connectivity index (χ0v) is 13.4. The number of hydrogen-bond donors (Lipinski definition) is 1. The molecule has 1 unspecified atom stereocenters. The van der Waals surface area contributed by atoms with E-state index in [9.17, 15) is 5.11 Å². The van der Waals surface area contributed by atoms with Crippen molar-refractivity contribution in [2.75, 3.05) is 13.7 Å². The second-order valence-electron chi connectivity index (χ2n) is 3.68. The largest absolute Gasteiger partial charge is 0.383 e. The van der Waals surface area contributed by atoms with Crippen LogP contribution in [0.1, 0.15) is 17.4 Å². The molecule has 0 aromatic carbocycles. The van der Waals surface area contributed by atoms with Crippen LogP contribution in [0.25, 0.3) is 0 Å². The van der Waals surface area contributed by atoms with Gasteiger partial charge in [-0.05, 0) is 39.6 Å². The first kappa shape index (κ1) is 14.3. The van der Waals surface area contributed by atoms with Gasteiger partial charge in [0.25, 0.3) is 0 Å². The lowest BCUT2D eigenvalue weighted by molar-refractivity contribution is 0.171. The Kier molecular flexibility index (Phi) is 5.02. The SMILES string of the molecule is COCCn1ncc(Cl)c1C(O)c1csc(I)c1. The lowest BCUT2D eigenvalue weighted by Crippen LogP contribution is -2.13. The number of aromatic nitrogens is 2. The summed E-state index contributed by atoms with van der Waals surface area (Å²) >= 11 is 9.91. The summed E-state index contributed by atoms with van der Waals surface area (Å²) in [6.45, 7) is 1.09. The zero-order valence-electron chi connectivity index (χ0n) is 9.64. The summed E-state index contributed by atoms with van der Waals surface area (Å²) in [7, 11) is 1.63. The van der Waals surface area contributed by atoms with Gasteiger partial charge in [-0.3, -0.25) is 4.68 Å². The topological polar surface area (TPSA) is 47.3 Å². The van der Waals surface area contributed by atoms with Gasteiger partial charge < -0.3 is 9.84 Å². The van der Waals surface area contributed by atoms with E-state index in [0.717, 1.165) is 8.45 Å². The Labute approximate surface area is 128 Å². The number of thiophene rings is 1. The monoisotopic (exact) mass is 398 g/mol. The molecule has 0 aliphatic heterocycles. The van der Waals surface area contributed by atoms with Crippen molar-refractivity contribution in [3.63, 3.8) is 0 Å².